The number of rotatable bonds is 5. The van der Waals surface area contributed by atoms with Crippen molar-refractivity contribution < 1.29 is 0 Å². The van der Waals surface area contributed by atoms with Gasteiger partial charge in [0.2, 0.25) is 0 Å². The molecule has 0 radical (unpaired) electrons. The molecular weight excluding hydrogens is 641 g/mol. The van der Waals surface area contributed by atoms with Crippen molar-refractivity contribution in [1.29, 1.82) is 5.26 Å². The van der Waals surface area contributed by atoms with Crippen molar-refractivity contribution in [1.82, 2.24) is 4.57 Å². The number of hydrogen-bond acceptors (Lipinski definition) is 1. The van der Waals surface area contributed by atoms with E-state index in [1.807, 2.05) is 12.1 Å². The fourth-order valence-electron chi connectivity index (χ4n) is 8.33. The minimum atomic E-state index is 0.636. The standard InChI is InChI=1S/C51H32N2/c52-33-34-26-31-49(53-47-24-12-10-17-39(47)40-18-11-13-25-48(40)53)46(32-34)36-29-27-35(28-30-36)38-16-4-5-19-41(38)51-44-22-8-6-20-42(44)50(37-14-2-1-3-15-37)43-21-7-9-23-45(43)51/h1-32H. The van der Waals surface area contributed by atoms with Gasteiger partial charge in [-0.2, -0.15) is 5.26 Å². The first-order chi connectivity index (χ1) is 26.3. The quantitative estimate of drug-likeness (QED) is 0.167. The molecule has 0 fully saturated rings. The number of aromatic nitrogens is 1. The third-order valence-electron chi connectivity index (χ3n) is 10.6. The van der Waals surface area contributed by atoms with Crippen LogP contribution in [-0.2, 0) is 0 Å². The molecule has 0 aliphatic carbocycles. The Balaban J connectivity index is 1.15. The summed E-state index contributed by atoms with van der Waals surface area (Å²) in [7, 11) is 0. The van der Waals surface area contributed by atoms with Crippen LogP contribution < -0.4 is 0 Å². The van der Waals surface area contributed by atoms with Crippen molar-refractivity contribution in [3.8, 4) is 56.3 Å². The van der Waals surface area contributed by atoms with Gasteiger partial charge in [0.05, 0.1) is 28.4 Å². The van der Waals surface area contributed by atoms with E-state index in [4.69, 9.17) is 0 Å². The Bertz CT molecular complexity index is 2940. The second kappa shape index (κ2) is 12.5. The Morgan fingerprint density at radius 2 is 0.792 bits per heavy atom. The minimum absolute atomic E-state index is 0.636. The molecule has 0 aliphatic heterocycles. The summed E-state index contributed by atoms with van der Waals surface area (Å²) in [5, 5.41) is 17.4. The van der Waals surface area contributed by atoms with Crippen LogP contribution in [0.2, 0.25) is 0 Å². The minimum Gasteiger partial charge on any atom is -0.309 e. The Labute approximate surface area is 308 Å². The first kappa shape index (κ1) is 30.6. The summed E-state index contributed by atoms with van der Waals surface area (Å²) >= 11 is 0. The highest BCUT2D eigenvalue weighted by atomic mass is 15.0. The number of para-hydroxylation sites is 2. The molecule has 0 atom stereocenters. The second-order valence-electron chi connectivity index (χ2n) is 13.5. The second-order valence-corrected chi connectivity index (χ2v) is 13.5. The van der Waals surface area contributed by atoms with Gasteiger partial charge in [-0.15, -0.1) is 0 Å². The van der Waals surface area contributed by atoms with E-state index in [-0.39, 0.29) is 0 Å². The molecule has 53 heavy (non-hydrogen) atoms. The maximum absolute atomic E-state index is 9.98. The molecule has 0 spiro atoms. The van der Waals surface area contributed by atoms with Crippen LogP contribution in [0.5, 0.6) is 0 Å². The molecular formula is C51H32N2. The van der Waals surface area contributed by atoms with Crippen LogP contribution in [0.4, 0.5) is 0 Å². The van der Waals surface area contributed by atoms with E-state index in [0.717, 1.165) is 33.4 Å². The average Bonchev–Trinajstić information content (AvgIpc) is 3.57. The summed E-state index contributed by atoms with van der Waals surface area (Å²) in [5.74, 6) is 0. The molecule has 10 rings (SSSR count). The number of benzene rings is 9. The van der Waals surface area contributed by atoms with Gasteiger partial charge in [0.25, 0.3) is 0 Å². The molecule has 10 aromatic rings. The van der Waals surface area contributed by atoms with Gasteiger partial charge in [-0.3, -0.25) is 0 Å². The van der Waals surface area contributed by atoms with E-state index in [1.54, 1.807) is 0 Å². The highest BCUT2D eigenvalue weighted by Crippen LogP contribution is 2.46. The van der Waals surface area contributed by atoms with Gasteiger partial charge in [0.1, 0.15) is 0 Å². The van der Waals surface area contributed by atoms with E-state index in [0.29, 0.717) is 5.56 Å². The monoisotopic (exact) mass is 672 g/mol. The summed E-state index contributed by atoms with van der Waals surface area (Å²) in [4.78, 5) is 0. The predicted octanol–water partition coefficient (Wildman–Crippen LogP) is 13.6. The molecule has 246 valence electrons. The SMILES string of the molecule is N#Cc1ccc(-n2c3ccccc3c3ccccc32)c(-c2ccc(-c3ccccc3-c3c4ccccc4c(-c4ccccc4)c4ccccc34)cc2)c1. The van der Waals surface area contributed by atoms with Gasteiger partial charge in [-0.1, -0.05) is 164 Å². The molecule has 2 nitrogen and oxygen atoms in total. The molecule has 0 N–H and O–H groups in total. The number of nitriles is 1. The maximum Gasteiger partial charge on any atom is 0.0991 e. The lowest BCUT2D eigenvalue weighted by Gasteiger charge is -2.20. The van der Waals surface area contributed by atoms with Gasteiger partial charge in [0, 0.05) is 16.3 Å². The van der Waals surface area contributed by atoms with E-state index >= 15 is 0 Å². The molecule has 0 aliphatic rings. The third kappa shape index (κ3) is 4.94. The fourth-order valence-corrected chi connectivity index (χ4v) is 8.33. The van der Waals surface area contributed by atoms with Crippen LogP contribution in [-0.4, -0.2) is 4.57 Å². The Morgan fingerprint density at radius 3 is 1.36 bits per heavy atom. The molecule has 1 aromatic heterocycles. The lowest BCUT2D eigenvalue weighted by Crippen LogP contribution is -1.98. The smallest absolute Gasteiger partial charge is 0.0991 e. The first-order valence-electron chi connectivity index (χ1n) is 18.0. The summed E-state index contributed by atoms with van der Waals surface area (Å²) in [6, 6.07) is 71.5. The van der Waals surface area contributed by atoms with E-state index in [1.165, 1.54) is 60.1 Å². The highest BCUT2D eigenvalue weighted by Gasteiger charge is 2.20. The lowest BCUT2D eigenvalue weighted by atomic mass is 9.84. The number of nitrogens with zero attached hydrogens (tertiary/aromatic N) is 2. The molecule has 9 aromatic carbocycles. The van der Waals surface area contributed by atoms with Crippen LogP contribution >= 0.6 is 0 Å². The van der Waals surface area contributed by atoms with Crippen molar-refractivity contribution in [2.24, 2.45) is 0 Å². The van der Waals surface area contributed by atoms with Crippen LogP contribution in [0.3, 0.4) is 0 Å². The third-order valence-corrected chi connectivity index (χ3v) is 10.6. The summed E-state index contributed by atoms with van der Waals surface area (Å²) in [6.45, 7) is 0. The van der Waals surface area contributed by atoms with E-state index in [9.17, 15) is 5.26 Å². The summed E-state index contributed by atoms with van der Waals surface area (Å²) < 4.78 is 2.33. The Kier molecular flexibility index (Phi) is 7.23. The molecule has 1 heterocycles. The first-order valence-corrected chi connectivity index (χ1v) is 18.0. The Morgan fingerprint density at radius 1 is 0.340 bits per heavy atom. The number of hydrogen-bond donors (Lipinski definition) is 0. The maximum atomic E-state index is 9.98. The van der Waals surface area contributed by atoms with Crippen molar-refractivity contribution >= 4 is 43.4 Å². The zero-order chi connectivity index (χ0) is 35.3. The molecule has 0 unspecified atom stereocenters. The molecule has 0 bridgehead atoms. The zero-order valence-electron chi connectivity index (χ0n) is 28.9. The lowest BCUT2D eigenvalue weighted by molar-refractivity contribution is 1.18. The normalized spacial score (nSPS) is 11.4. The van der Waals surface area contributed by atoms with Gasteiger partial charge in [-0.25, -0.2) is 0 Å². The molecule has 0 saturated carbocycles. The molecule has 0 amide bonds. The summed E-state index contributed by atoms with van der Waals surface area (Å²) in [5.41, 5.74) is 13.3. The van der Waals surface area contributed by atoms with Gasteiger partial charge in [0.15, 0.2) is 0 Å². The molecule has 2 heteroatoms. The Hall–Kier alpha value is -7.21. The van der Waals surface area contributed by atoms with Gasteiger partial charge < -0.3 is 4.57 Å². The fraction of sp³-hybridized carbons (Fsp3) is 0. The van der Waals surface area contributed by atoms with Crippen LogP contribution in [0.25, 0.3) is 93.5 Å². The predicted molar refractivity (Wildman–Crippen MR) is 222 cm³/mol. The largest absolute Gasteiger partial charge is 0.309 e. The van der Waals surface area contributed by atoms with Crippen molar-refractivity contribution in [2.75, 3.05) is 0 Å². The highest BCUT2D eigenvalue weighted by molar-refractivity contribution is 6.22. The van der Waals surface area contributed by atoms with Crippen molar-refractivity contribution in [2.45, 2.75) is 0 Å². The number of fused-ring (bicyclic) bond motifs is 5. The van der Waals surface area contributed by atoms with Crippen molar-refractivity contribution in [3.63, 3.8) is 0 Å². The molecule has 0 saturated heterocycles. The summed E-state index contributed by atoms with van der Waals surface area (Å²) in [6.07, 6.45) is 0. The zero-order valence-corrected chi connectivity index (χ0v) is 28.9. The van der Waals surface area contributed by atoms with Crippen LogP contribution in [0.15, 0.2) is 194 Å². The van der Waals surface area contributed by atoms with Crippen LogP contribution in [0, 0.1) is 11.3 Å². The van der Waals surface area contributed by atoms with Gasteiger partial charge in [-0.05, 0) is 90.8 Å². The van der Waals surface area contributed by atoms with Crippen molar-refractivity contribution in [3.05, 3.63) is 200 Å². The van der Waals surface area contributed by atoms with E-state index in [2.05, 4.69) is 193 Å². The van der Waals surface area contributed by atoms with E-state index < -0.39 is 0 Å². The van der Waals surface area contributed by atoms with Gasteiger partial charge >= 0.3 is 0 Å². The average molecular weight is 673 g/mol. The topological polar surface area (TPSA) is 28.7 Å². The van der Waals surface area contributed by atoms with Crippen LogP contribution in [0.1, 0.15) is 5.56 Å².